The third-order valence-corrected chi connectivity index (χ3v) is 3.48. The molecular formula is C16H16FN3O4. The number of halogens is 1. The van der Waals surface area contributed by atoms with Crippen LogP contribution in [0.1, 0.15) is 27.9 Å². The lowest BCUT2D eigenvalue weighted by Gasteiger charge is -2.15. The number of benzene rings is 1. The van der Waals surface area contributed by atoms with Gasteiger partial charge in [-0.1, -0.05) is 6.07 Å². The van der Waals surface area contributed by atoms with Crippen LogP contribution in [0.2, 0.25) is 0 Å². The van der Waals surface area contributed by atoms with Crippen LogP contribution in [-0.2, 0) is 14.2 Å². The first-order valence-corrected chi connectivity index (χ1v) is 6.83. The Bertz CT molecular complexity index is 806. The zero-order valence-electron chi connectivity index (χ0n) is 13.4. The van der Waals surface area contributed by atoms with Crippen molar-refractivity contribution >= 4 is 11.7 Å². The van der Waals surface area contributed by atoms with Gasteiger partial charge in [-0.05, 0) is 12.1 Å². The van der Waals surface area contributed by atoms with Crippen molar-refractivity contribution in [3.8, 4) is 11.8 Å². The molecular weight excluding hydrogens is 317 g/mol. The van der Waals surface area contributed by atoms with E-state index in [1.165, 1.54) is 44.2 Å². The quantitative estimate of drug-likeness (QED) is 0.665. The summed E-state index contributed by atoms with van der Waals surface area (Å²) in [4.78, 5) is 11.9. The fourth-order valence-corrected chi connectivity index (χ4v) is 2.34. The molecule has 0 amide bonds. The van der Waals surface area contributed by atoms with Gasteiger partial charge in [0.1, 0.15) is 11.9 Å². The number of ether oxygens (including phenoxy) is 3. The van der Waals surface area contributed by atoms with E-state index in [-0.39, 0.29) is 22.6 Å². The summed E-state index contributed by atoms with van der Waals surface area (Å²) in [6.45, 7) is 0. The topological polar surface area (TPSA) is 99.5 Å². The van der Waals surface area contributed by atoms with Gasteiger partial charge in [-0.2, -0.15) is 5.26 Å². The number of carbonyl (C=O) groups excluding carboxylic acids is 1. The minimum Gasteiger partial charge on any atom is -0.464 e. The Kier molecular flexibility index (Phi) is 5.18. The summed E-state index contributed by atoms with van der Waals surface area (Å²) < 4.78 is 30.5. The van der Waals surface area contributed by atoms with Crippen molar-refractivity contribution in [3.63, 3.8) is 0 Å². The van der Waals surface area contributed by atoms with E-state index < -0.39 is 18.1 Å². The van der Waals surface area contributed by atoms with Gasteiger partial charge in [0.2, 0.25) is 0 Å². The molecule has 8 heteroatoms. The number of hydrogen-bond acceptors (Lipinski definition) is 6. The maximum Gasteiger partial charge on any atom is 0.357 e. The molecule has 0 atom stereocenters. The third kappa shape index (κ3) is 2.95. The van der Waals surface area contributed by atoms with Gasteiger partial charge in [-0.15, -0.1) is 0 Å². The Labute approximate surface area is 137 Å². The molecule has 2 rings (SSSR count). The summed E-state index contributed by atoms with van der Waals surface area (Å²) in [5, 5.41) is 9.09. The number of aromatic nitrogens is 1. The van der Waals surface area contributed by atoms with E-state index in [2.05, 4.69) is 4.74 Å². The van der Waals surface area contributed by atoms with Crippen LogP contribution in [-0.4, -0.2) is 31.9 Å². The number of esters is 1. The number of nitrogens with two attached hydrogens (primary N) is 1. The van der Waals surface area contributed by atoms with Crippen LogP contribution in [0.15, 0.2) is 24.4 Å². The van der Waals surface area contributed by atoms with Gasteiger partial charge in [-0.3, -0.25) is 0 Å². The van der Waals surface area contributed by atoms with Crippen LogP contribution in [0, 0.1) is 17.1 Å². The van der Waals surface area contributed by atoms with Crippen molar-refractivity contribution in [3.05, 3.63) is 47.0 Å². The minimum absolute atomic E-state index is 0.0401. The van der Waals surface area contributed by atoms with Crippen molar-refractivity contribution in [1.82, 2.24) is 4.57 Å². The average molecular weight is 333 g/mol. The molecule has 0 aliphatic carbocycles. The predicted octanol–water partition coefficient (Wildman–Crippen LogP) is 2.15. The van der Waals surface area contributed by atoms with Gasteiger partial charge >= 0.3 is 5.97 Å². The third-order valence-electron chi connectivity index (χ3n) is 3.48. The second-order valence-electron chi connectivity index (χ2n) is 4.79. The first kappa shape index (κ1) is 17.5. The Hall–Kier alpha value is -2.89. The summed E-state index contributed by atoms with van der Waals surface area (Å²) in [6.07, 6.45) is 0.557. The first-order valence-electron chi connectivity index (χ1n) is 6.83. The molecule has 0 aliphatic heterocycles. The van der Waals surface area contributed by atoms with E-state index in [0.717, 1.165) is 0 Å². The average Bonchev–Trinajstić information content (AvgIpc) is 2.91. The molecule has 2 aromatic rings. The van der Waals surface area contributed by atoms with Crippen molar-refractivity contribution < 1.29 is 23.4 Å². The van der Waals surface area contributed by atoms with Crippen LogP contribution < -0.4 is 5.73 Å². The highest BCUT2D eigenvalue weighted by Gasteiger charge is 2.23. The maximum absolute atomic E-state index is 14.6. The smallest absolute Gasteiger partial charge is 0.357 e. The van der Waals surface area contributed by atoms with E-state index in [9.17, 15) is 9.18 Å². The van der Waals surface area contributed by atoms with Gasteiger partial charge < -0.3 is 24.5 Å². The first-order chi connectivity index (χ1) is 11.5. The Morgan fingerprint density at radius 1 is 1.33 bits per heavy atom. The van der Waals surface area contributed by atoms with Crippen LogP contribution in [0.5, 0.6) is 0 Å². The largest absolute Gasteiger partial charge is 0.464 e. The molecule has 0 bridgehead atoms. The van der Waals surface area contributed by atoms with Crippen molar-refractivity contribution in [2.75, 3.05) is 27.1 Å². The van der Waals surface area contributed by atoms with Crippen LogP contribution in [0.3, 0.4) is 0 Å². The molecule has 24 heavy (non-hydrogen) atoms. The number of nitrogen functional groups attached to an aromatic ring is 1. The van der Waals surface area contributed by atoms with Crippen LogP contribution in [0.4, 0.5) is 10.1 Å². The second kappa shape index (κ2) is 7.12. The van der Waals surface area contributed by atoms with Gasteiger partial charge in [0.15, 0.2) is 12.0 Å². The molecule has 0 radical (unpaired) electrons. The number of rotatable bonds is 5. The maximum atomic E-state index is 14.6. The van der Waals surface area contributed by atoms with Gasteiger partial charge in [0.25, 0.3) is 0 Å². The highest BCUT2D eigenvalue weighted by atomic mass is 19.1. The summed E-state index contributed by atoms with van der Waals surface area (Å²) in [7, 11) is 4.04. The molecule has 0 fully saturated rings. The molecule has 0 unspecified atom stereocenters. The van der Waals surface area contributed by atoms with E-state index in [1.54, 1.807) is 6.07 Å². The highest BCUT2D eigenvalue weighted by molar-refractivity contribution is 5.95. The number of hydrogen-bond donors (Lipinski definition) is 1. The zero-order chi connectivity index (χ0) is 17.9. The summed E-state index contributed by atoms with van der Waals surface area (Å²) in [6, 6.07) is 6.09. The van der Waals surface area contributed by atoms with Crippen molar-refractivity contribution in [2.24, 2.45) is 0 Å². The summed E-state index contributed by atoms with van der Waals surface area (Å²) in [5.74, 6) is -1.42. The molecule has 7 nitrogen and oxygen atoms in total. The molecule has 0 saturated heterocycles. The summed E-state index contributed by atoms with van der Waals surface area (Å²) >= 11 is 0. The lowest BCUT2D eigenvalue weighted by Crippen LogP contribution is -2.12. The van der Waals surface area contributed by atoms with Crippen molar-refractivity contribution in [1.29, 1.82) is 5.26 Å². The number of nitriles is 1. The number of methoxy groups -OCH3 is 3. The molecule has 1 aromatic heterocycles. The fourth-order valence-electron chi connectivity index (χ4n) is 2.34. The molecule has 1 aromatic carbocycles. The predicted molar refractivity (Wildman–Crippen MR) is 83.0 cm³/mol. The second-order valence-corrected chi connectivity index (χ2v) is 4.79. The van der Waals surface area contributed by atoms with E-state index >= 15 is 0 Å². The molecule has 0 aliphatic rings. The SMILES string of the molecule is COC(=O)c1c(N)c(C#N)cn1-c1ccc(C(OC)OC)cc1F. The highest BCUT2D eigenvalue weighted by Crippen LogP contribution is 2.28. The van der Waals surface area contributed by atoms with E-state index in [1.807, 2.05) is 6.07 Å². The number of carbonyl (C=O) groups is 1. The Morgan fingerprint density at radius 3 is 2.50 bits per heavy atom. The fraction of sp³-hybridized carbons (Fsp3) is 0.250. The van der Waals surface area contributed by atoms with E-state index in [4.69, 9.17) is 20.5 Å². The monoisotopic (exact) mass is 333 g/mol. The van der Waals surface area contributed by atoms with Gasteiger partial charge in [-0.25, -0.2) is 9.18 Å². The Morgan fingerprint density at radius 2 is 2.00 bits per heavy atom. The lowest BCUT2D eigenvalue weighted by molar-refractivity contribution is -0.106. The normalized spacial score (nSPS) is 10.7. The minimum atomic E-state index is -0.774. The zero-order valence-corrected chi connectivity index (χ0v) is 13.4. The van der Waals surface area contributed by atoms with Gasteiger partial charge in [0.05, 0.1) is 24.0 Å². The molecule has 2 N–H and O–H groups in total. The van der Waals surface area contributed by atoms with Gasteiger partial charge in [0, 0.05) is 26.0 Å². The Balaban J connectivity index is 2.61. The van der Waals surface area contributed by atoms with Crippen molar-refractivity contribution in [2.45, 2.75) is 6.29 Å². The lowest BCUT2D eigenvalue weighted by atomic mass is 10.2. The molecule has 0 spiro atoms. The standard InChI is InChI=1S/C16H16FN3O4/c1-22-15(21)14-13(19)10(7-18)8-20(14)12-5-4-9(6-11(12)17)16(23-2)24-3/h4-6,8,16H,19H2,1-3H3. The van der Waals surface area contributed by atoms with Crippen LogP contribution in [0.25, 0.3) is 5.69 Å². The molecule has 126 valence electrons. The summed E-state index contributed by atoms with van der Waals surface area (Å²) in [5.41, 5.74) is 6.15. The molecule has 1 heterocycles. The molecule has 0 saturated carbocycles. The van der Waals surface area contributed by atoms with Crippen LogP contribution >= 0.6 is 0 Å². The number of anilines is 1. The number of nitrogens with zero attached hydrogens (tertiary/aromatic N) is 2. The van der Waals surface area contributed by atoms with E-state index in [0.29, 0.717) is 5.56 Å².